The van der Waals surface area contributed by atoms with Gasteiger partial charge in [0.25, 0.3) is 0 Å². The van der Waals surface area contributed by atoms with Gasteiger partial charge in [-0.2, -0.15) is 0 Å². The topological polar surface area (TPSA) is 30.5 Å². The van der Waals surface area contributed by atoms with Crippen LogP contribution in [0.5, 0.6) is 11.5 Å². The third-order valence-corrected chi connectivity index (χ3v) is 3.97. The molecule has 0 bridgehead atoms. The van der Waals surface area contributed by atoms with Crippen LogP contribution >= 0.6 is 35.6 Å². The quantitative estimate of drug-likeness (QED) is 0.888. The molecule has 1 aliphatic heterocycles. The van der Waals surface area contributed by atoms with Gasteiger partial charge in [-0.25, -0.2) is 0 Å². The predicted octanol–water partition coefficient (Wildman–Crippen LogP) is 4.43. The van der Waals surface area contributed by atoms with Crippen LogP contribution in [0.15, 0.2) is 36.4 Å². The standard InChI is InChI=1S/C15H13Cl2NO2.ClH/c16-12-3-1-2-11(15(12)17)8-18-7-10-4-5-13-14(6-10)20-9-19-13;/h1-6,18H,7-9H2;1H. The summed E-state index contributed by atoms with van der Waals surface area (Å²) in [6.07, 6.45) is 0. The first-order valence-corrected chi connectivity index (χ1v) is 7.02. The van der Waals surface area contributed by atoms with E-state index in [4.69, 9.17) is 32.7 Å². The Labute approximate surface area is 139 Å². The Hall–Kier alpha value is -1.13. The van der Waals surface area contributed by atoms with Gasteiger partial charge in [0, 0.05) is 13.1 Å². The first-order valence-electron chi connectivity index (χ1n) is 6.26. The molecule has 21 heavy (non-hydrogen) atoms. The van der Waals surface area contributed by atoms with E-state index < -0.39 is 0 Å². The zero-order chi connectivity index (χ0) is 13.9. The summed E-state index contributed by atoms with van der Waals surface area (Å²) in [4.78, 5) is 0. The molecule has 0 fully saturated rings. The van der Waals surface area contributed by atoms with Crippen LogP contribution in [-0.2, 0) is 13.1 Å². The lowest BCUT2D eigenvalue weighted by Crippen LogP contribution is -2.13. The molecule has 2 aromatic carbocycles. The number of rotatable bonds is 4. The maximum atomic E-state index is 6.14. The summed E-state index contributed by atoms with van der Waals surface area (Å²) in [6.45, 7) is 1.68. The molecule has 0 saturated carbocycles. The number of hydrogen-bond acceptors (Lipinski definition) is 3. The van der Waals surface area contributed by atoms with Crippen LogP contribution in [0.2, 0.25) is 10.0 Å². The fourth-order valence-corrected chi connectivity index (χ4v) is 2.46. The van der Waals surface area contributed by atoms with Crippen LogP contribution < -0.4 is 14.8 Å². The van der Waals surface area contributed by atoms with E-state index >= 15 is 0 Å². The van der Waals surface area contributed by atoms with Gasteiger partial charge in [0.2, 0.25) is 6.79 Å². The largest absolute Gasteiger partial charge is 0.454 e. The second-order valence-electron chi connectivity index (χ2n) is 4.50. The maximum absolute atomic E-state index is 6.14. The van der Waals surface area contributed by atoms with Crippen molar-refractivity contribution >= 4 is 35.6 Å². The molecule has 0 spiro atoms. The smallest absolute Gasteiger partial charge is 0.231 e. The van der Waals surface area contributed by atoms with E-state index in [0.717, 1.165) is 29.2 Å². The van der Waals surface area contributed by atoms with Crippen molar-refractivity contribution in [2.24, 2.45) is 0 Å². The highest BCUT2D eigenvalue weighted by Gasteiger charge is 2.13. The Morgan fingerprint density at radius 3 is 2.67 bits per heavy atom. The minimum absolute atomic E-state index is 0. The highest BCUT2D eigenvalue weighted by atomic mass is 35.5. The summed E-state index contributed by atoms with van der Waals surface area (Å²) in [5.74, 6) is 1.59. The fourth-order valence-electron chi connectivity index (χ4n) is 2.08. The number of benzene rings is 2. The molecule has 3 rings (SSSR count). The molecule has 3 nitrogen and oxygen atoms in total. The SMILES string of the molecule is Cl.Clc1cccc(CNCc2ccc3c(c2)OCO3)c1Cl. The van der Waals surface area contributed by atoms with Gasteiger partial charge in [-0.1, -0.05) is 41.4 Å². The predicted molar refractivity (Wildman–Crippen MR) is 86.8 cm³/mol. The number of fused-ring (bicyclic) bond motifs is 1. The van der Waals surface area contributed by atoms with Crippen molar-refractivity contribution in [2.75, 3.05) is 6.79 Å². The van der Waals surface area contributed by atoms with Crippen LogP contribution in [0.1, 0.15) is 11.1 Å². The average molecular weight is 347 g/mol. The van der Waals surface area contributed by atoms with Crippen LogP contribution in [0.25, 0.3) is 0 Å². The Morgan fingerprint density at radius 1 is 1.00 bits per heavy atom. The second-order valence-corrected chi connectivity index (χ2v) is 5.29. The highest BCUT2D eigenvalue weighted by Crippen LogP contribution is 2.32. The lowest BCUT2D eigenvalue weighted by molar-refractivity contribution is 0.174. The van der Waals surface area contributed by atoms with Crippen molar-refractivity contribution in [3.63, 3.8) is 0 Å². The normalized spacial score (nSPS) is 12.1. The molecule has 0 atom stereocenters. The van der Waals surface area contributed by atoms with E-state index in [2.05, 4.69) is 5.32 Å². The van der Waals surface area contributed by atoms with Gasteiger partial charge in [-0.15, -0.1) is 12.4 Å². The van der Waals surface area contributed by atoms with Crippen molar-refractivity contribution in [3.05, 3.63) is 57.6 Å². The van der Waals surface area contributed by atoms with Gasteiger partial charge < -0.3 is 14.8 Å². The molecule has 112 valence electrons. The molecule has 2 aromatic rings. The number of hydrogen-bond donors (Lipinski definition) is 1. The van der Waals surface area contributed by atoms with Crippen LogP contribution in [0.4, 0.5) is 0 Å². The molecule has 1 aliphatic rings. The highest BCUT2D eigenvalue weighted by molar-refractivity contribution is 6.42. The number of nitrogens with one attached hydrogen (secondary N) is 1. The Morgan fingerprint density at radius 2 is 1.81 bits per heavy atom. The Balaban J connectivity index is 0.00000161. The van der Waals surface area contributed by atoms with E-state index in [1.807, 2.05) is 30.3 Å². The minimum atomic E-state index is 0. The van der Waals surface area contributed by atoms with Gasteiger partial charge in [-0.05, 0) is 29.3 Å². The van der Waals surface area contributed by atoms with Crippen LogP contribution in [0.3, 0.4) is 0 Å². The summed E-state index contributed by atoms with van der Waals surface area (Å²) in [6, 6.07) is 11.6. The van der Waals surface area contributed by atoms with Gasteiger partial charge in [0.15, 0.2) is 11.5 Å². The first-order chi connectivity index (χ1) is 9.74. The summed E-state index contributed by atoms with van der Waals surface area (Å²) in [5.41, 5.74) is 2.12. The first kappa shape index (κ1) is 16.2. The Kier molecular flexibility index (Phi) is 5.59. The number of halogens is 3. The zero-order valence-corrected chi connectivity index (χ0v) is 13.4. The fraction of sp³-hybridized carbons (Fsp3) is 0.200. The molecular formula is C15H14Cl3NO2. The maximum Gasteiger partial charge on any atom is 0.231 e. The third-order valence-electron chi connectivity index (χ3n) is 3.11. The van der Waals surface area contributed by atoms with Crippen molar-refractivity contribution in [2.45, 2.75) is 13.1 Å². The van der Waals surface area contributed by atoms with E-state index in [1.165, 1.54) is 0 Å². The van der Waals surface area contributed by atoms with Crippen LogP contribution in [0, 0.1) is 0 Å². The molecule has 1 heterocycles. The molecule has 0 aliphatic carbocycles. The third kappa shape index (κ3) is 3.74. The van der Waals surface area contributed by atoms with E-state index in [1.54, 1.807) is 6.07 Å². The molecule has 1 N–H and O–H groups in total. The van der Waals surface area contributed by atoms with Crippen LogP contribution in [-0.4, -0.2) is 6.79 Å². The van der Waals surface area contributed by atoms with Crippen molar-refractivity contribution in [3.8, 4) is 11.5 Å². The lowest BCUT2D eigenvalue weighted by Gasteiger charge is -2.08. The zero-order valence-electron chi connectivity index (χ0n) is 11.1. The molecule has 0 amide bonds. The molecule has 0 unspecified atom stereocenters. The summed E-state index contributed by atoms with van der Waals surface area (Å²) in [5, 5.41) is 4.52. The van der Waals surface area contributed by atoms with Gasteiger partial charge in [0.1, 0.15) is 0 Å². The summed E-state index contributed by atoms with van der Waals surface area (Å²) in [7, 11) is 0. The van der Waals surface area contributed by atoms with E-state index in [9.17, 15) is 0 Å². The molecule has 6 heteroatoms. The molecule has 0 aromatic heterocycles. The Bertz CT molecular complexity index is 634. The monoisotopic (exact) mass is 345 g/mol. The lowest BCUT2D eigenvalue weighted by atomic mass is 10.2. The van der Waals surface area contributed by atoms with Gasteiger partial charge in [-0.3, -0.25) is 0 Å². The van der Waals surface area contributed by atoms with Gasteiger partial charge >= 0.3 is 0 Å². The average Bonchev–Trinajstić information content (AvgIpc) is 2.91. The van der Waals surface area contributed by atoms with Crippen molar-refractivity contribution < 1.29 is 9.47 Å². The van der Waals surface area contributed by atoms with Crippen molar-refractivity contribution in [1.29, 1.82) is 0 Å². The number of ether oxygens (including phenoxy) is 2. The van der Waals surface area contributed by atoms with Crippen molar-refractivity contribution in [1.82, 2.24) is 5.32 Å². The summed E-state index contributed by atoms with van der Waals surface area (Å²) < 4.78 is 10.6. The molecule has 0 saturated heterocycles. The second kappa shape index (κ2) is 7.23. The van der Waals surface area contributed by atoms with E-state index in [-0.39, 0.29) is 12.4 Å². The molecular weight excluding hydrogens is 333 g/mol. The van der Waals surface area contributed by atoms with Gasteiger partial charge in [0.05, 0.1) is 10.0 Å². The summed E-state index contributed by atoms with van der Waals surface area (Å²) >= 11 is 12.1. The van der Waals surface area contributed by atoms with E-state index in [0.29, 0.717) is 23.4 Å². The minimum Gasteiger partial charge on any atom is -0.454 e. The molecule has 0 radical (unpaired) electrons.